The van der Waals surface area contributed by atoms with Crippen LogP contribution in [-0.4, -0.2) is 26.0 Å². The van der Waals surface area contributed by atoms with Crippen molar-refractivity contribution in [3.63, 3.8) is 0 Å². The van der Waals surface area contributed by atoms with Gasteiger partial charge in [-0.05, 0) is 18.2 Å². The van der Waals surface area contributed by atoms with Gasteiger partial charge in [0.2, 0.25) is 0 Å². The molecule has 3 rings (SSSR count). The summed E-state index contributed by atoms with van der Waals surface area (Å²) in [4.78, 5) is 22.3. The molecule has 0 fully saturated rings. The molecule has 3 aromatic rings. The normalized spacial score (nSPS) is 10.9. The Balaban J connectivity index is 1.83. The number of carbonyl (C=O) groups is 1. The third-order valence-corrected chi connectivity index (χ3v) is 2.82. The first-order valence-corrected chi connectivity index (χ1v) is 5.83. The molecule has 0 spiro atoms. The minimum absolute atomic E-state index is 0.147. The first-order valence-electron chi connectivity index (χ1n) is 5.83. The topological polar surface area (TPSA) is 92.0 Å². The average molecular weight is 257 g/mol. The van der Waals surface area contributed by atoms with Crippen molar-refractivity contribution in [3.05, 3.63) is 47.8 Å². The maximum atomic E-state index is 10.8. The van der Waals surface area contributed by atoms with Crippen molar-refractivity contribution in [1.29, 1.82) is 0 Å². The molecule has 3 aromatic heterocycles. The summed E-state index contributed by atoms with van der Waals surface area (Å²) in [6.07, 6.45) is 4.36. The Labute approximate surface area is 108 Å². The molecule has 0 saturated heterocycles. The zero-order valence-electron chi connectivity index (χ0n) is 9.96. The Morgan fingerprint density at radius 3 is 3.05 bits per heavy atom. The van der Waals surface area contributed by atoms with Gasteiger partial charge >= 0.3 is 5.97 Å². The number of nitrogens with zero attached hydrogens (tertiary/aromatic N) is 2. The summed E-state index contributed by atoms with van der Waals surface area (Å²) in [6.45, 7) is 0. The van der Waals surface area contributed by atoms with Crippen LogP contribution >= 0.6 is 0 Å². The van der Waals surface area contributed by atoms with E-state index in [2.05, 4.69) is 15.0 Å². The maximum absolute atomic E-state index is 10.8. The number of rotatable bonds is 4. The summed E-state index contributed by atoms with van der Waals surface area (Å²) in [5, 5.41) is 8.89. The first kappa shape index (κ1) is 11.5. The highest BCUT2D eigenvalue weighted by Gasteiger charge is 2.09. The molecule has 0 radical (unpaired) electrons. The minimum Gasteiger partial charge on any atom is -0.478 e. The molecule has 0 aliphatic rings. The van der Waals surface area contributed by atoms with Crippen LogP contribution in [0.1, 0.15) is 21.9 Å². The molecule has 0 aliphatic heterocycles. The van der Waals surface area contributed by atoms with Gasteiger partial charge < -0.3 is 14.5 Å². The number of nitrogens with one attached hydrogen (secondary N) is 1. The molecule has 0 bridgehead atoms. The van der Waals surface area contributed by atoms with Crippen LogP contribution in [0.4, 0.5) is 0 Å². The van der Waals surface area contributed by atoms with Gasteiger partial charge in [-0.1, -0.05) is 0 Å². The Morgan fingerprint density at radius 1 is 1.42 bits per heavy atom. The monoisotopic (exact) mass is 257 g/mol. The highest BCUT2D eigenvalue weighted by atomic mass is 16.4. The summed E-state index contributed by atoms with van der Waals surface area (Å²) in [5.74, 6) is 0.655. The molecule has 0 amide bonds. The molecular weight excluding hydrogens is 246 g/mol. The van der Waals surface area contributed by atoms with Crippen molar-refractivity contribution in [2.75, 3.05) is 0 Å². The van der Waals surface area contributed by atoms with Crippen LogP contribution in [0.3, 0.4) is 0 Å². The van der Waals surface area contributed by atoms with Gasteiger partial charge in [-0.2, -0.15) is 0 Å². The summed E-state index contributed by atoms with van der Waals surface area (Å²) in [6, 6.07) is 5.28. The van der Waals surface area contributed by atoms with Crippen molar-refractivity contribution in [2.24, 2.45) is 0 Å². The van der Waals surface area contributed by atoms with Gasteiger partial charge in [0.1, 0.15) is 11.6 Å². The number of aromatic amines is 1. The molecule has 6 nitrogen and oxygen atoms in total. The summed E-state index contributed by atoms with van der Waals surface area (Å²) in [7, 11) is 0. The second kappa shape index (κ2) is 4.56. The van der Waals surface area contributed by atoms with Crippen molar-refractivity contribution in [2.45, 2.75) is 12.8 Å². The van der Waals surface area contributed by atoms with E-state index in [1.54, 1.807) is 6.26 Å². The lowest BCUT2D eigenvalue weighted by molar-refractivity contribution is 0.0696. The Hall–Kier alpha value is -2.63. The molecule has 2 N–H and O–H groups in total. The Morgan fingerprint density at radius 2 is 2.32 bits per heavy atom. The van der Waals surface area contributed by atoms with Crippen molar-refractivity contribution >= 4 is 17.1 Å². The number of aryl methyl sites for hydroxylation is 2. The molecule has 6 heteroatoms. The predicted octanol–water partition coefficient (Wildman–Crippen LogP) is 2.03. The van der Waals surface area contributed by atoms with E-state index < -0.39 is 5.97 Å². The number of pyridine rings is 1. The van der Waals surface area contributed by atoms with Crippen LogP contribution in [-0.2, 0) is 12.8 Å². The van der Waals surface area contributed by atoms with Crippen LogP contribution in [0.25, 0.3) is 11.2 Å². The van der Waals surface area contributed by atoms with E-state index in [1.165, 1.54) is 12.3 Å². The smallest absolute Gasteiger partial charge is 0.337 e. The summed E-state index contributed by atoms with van der Waals surface area (Å²) in [5.41, 5.74) is 1.31. The van der Waals surface area contributed by atoms with Gasteiger partial charge in [-0.15, -0.1) is 0 Å². The van der Waals surface area contributed by atoms with Crippen molar-refractivity contribution in [3.8, 4) is 0 Å². The highest BCUT2D eigenvalue weighted by Crippen LogP contribution is 2.13. The Kier molecular flexibility index (Phi) is 2.75. The molecule has 0 unspecified atom stereocenters. The van der Waals surface area contributed by atoms with Gasteiger partial charge in [0.05, 0.1) is 17.3 Å². The lowest BCUT2D eigenvalue weighted by atomic mass is 10.2. The average Bonchev–Trinajstić information content (AvgIpc) is 3.04. The van der Waals surface area contributed by atoms with Gasteiger partial charge in [-0.25, -0.2) is 14.8 Å². The molecule has 0 aromatic carbocycles. The van der Waals surface area contributed by atoms with E-state index in [1.807, 2.05) is 12.1 Å². The lowest BCUT2D eigenvalue weighted by Crippen LogP contribution is -1.96. The van der Waals surface area contributed by atoms with Crippen LogP contribution < -0.4 is 0 Å². The number of carboxylic acids is 1. The van der Waals surface area contributed by atoms with Crippen LogP contribution in [0, 0.1) is 0 Å². The standard InChI is InChI=1S/C13H11N3O3/c17-13(18)8-6-10-12(14-7-8)16-11(15-10)4-3-9-2-1-5-19-9/h1-2,5-7H,3-4H2,(H,17,18)(H,14,15,16). The lowest BCUT2D eigenvalue weighted by Gasteiger charge is -1.93. The Bertz CT molecular complexity index is 716. The molecule has 96 valence electrons. The number of fused-ring (bicyclic) bond motifs is 1. The molecule has 3 heterocycles. The fourth-order valence-electron chi connectivity index (χ4n) is 1.88. The first-order chi connectivity index (χ1) is 9.22. The van der Waals surface area contributed by atoms with Gasteiger partial charge in [0, 0.05) is 19.0 Å². The van der Waals surface area contributed by atoms with Gasteiger partial charge in [0.15, 0.2) is 5.65 Å². The molecule has 19 heavy (non-hydrogen) atoms. The number of hydrogen-bond acceptors (Lipinski definition) is 4. The van der Waals surface area contributed by atoms with E-state index in [-0.39, 0.29) is 5.56 Å². The maximum Gasteiger partial charge on any atom is 0.337 e. The SMILES string of the molecule is O=C(O)c1cnc2nc(CCc3ccco3)[nH]c2c1. The van der Waals surface area contributed by atoms with Gasteiger partial charge in [-0.3, -0.25) is 0 Å². The number of furan rings is 1. The van der Waals surface area contributed by atoms with Crippen LogP contribution in [0.15, 0.2) is 35.1 Å². The fourth-order valence-corrected chi connectivity index (χ4v) is 1.88. The third kappa shape index (κ3) is 2.33. The number of hydrogen-bond donors (Lipinski definition) is 2. The second-order valence-corrected chi connectivity index (χ2v) is 4.16. The highest BCUT2D eigenvalue weighted by molar-refractivity contribution is 5.90. The number of imidazole rings is 1. The number of aromatic carboxylic acids is 1. The molecular formula is C13H11N3O3. The quantitative estimate of drug-likeness (QED) is 0.746. The molecule has 0 atom stereocenters. The van der Waals surface area contributed by atoms with Gasteiger partial charge in [0.25, 0.3) is 0 Å². The zero-order valence-corrected chi connectivity index (χ0v) is 9.96. The van der Waals surface area contributed by atoms with Crippen molar-refractivity contribution in [1.82, 2.24) is 15.0 Å². The summed E-state index contributed by atoms with van der Waals surface area (Å²) < 4.78 is 5.24. The number of aromatic nitrogens is 3. The zero-order chi connectivity index (χ0) is 13.2. The predicted molar refractivity (Wildman–Crippen MR) is 67.0 cm³/mol. The van der Waals surface area contributed by atoms with E-state index >= 15 is 0 Å². The van der Waals surface area contributed by atoms with E-state index in [0.29, 0.717) is 17.6 Å². The second-order valence-electron chi connectivity index (χ2n) is 4.16. The largest absolute Gasteiger partial charge is 0.478 e. The van der Waals surface area contributed by atoms with E-state index in [0.717, 1.165) is 18.0 Å². The van der Waals surface area contributed by atoms with E-state index in [9.17, 15) is 4.79 Å². The molecule has 0 saturated carbocycles. The third-order valence-electron chi connectivity index (χ3n) is 2.82. The molecule has 0 aliphatic carbocycles. The fraction of sp³-hybridized carbons (Fsp3) is 0.154. The number of carboxylic acid groups (broad SMARTS) is 1. The number of H-pyrrole nitrogens is 1. The van der Waals surface area contributed by atoms with E-state index in [4.69, 9.17) is 9.52 Å². The van der Waals surface area contributed by atoms with Crippen LogP contribution in [0.5, 0.6) is 0 Å². The minimum atomic E-state index is -0.999. The summed E-state index contributed by atoms with van der Waals surface area (Å²) >= 11 is 0. The van der Waals surface area contributed by atoms with Crippen molar-refractivity contribution < 1.29 is 14.3 Å². The van der Waals surface area contributed by atoms with Crippen LogP contribution in [0.2, 0.25) is 0 Å².